The van der Waals surface area contributed by atoms with Gasteiger partial charge in [0.25, 0.3) is 0 Å². The van der Waals surface area contributed by atoms with E-state index in [2.05, 4.69) is 0 Å². The molecule has 5 heteroatoms. The van der Waals surface area contributed by atoms with Crippen molar-refractivity contribution in [2.45, 2.75) is 6.18 Å². The molecule has 90 valence electrons. The van der Waals surface area contributed by atoms with Crippen LogP contribution in [0.25, 0.3) is 0 Å². The zero-order chi connectivity index (χ0) is 12.5. The van der Waals surface area contributed by atoms with Crippen molar-refractivity contribution in [3.05, 3.63) is 53.2 Å². The van der Waals surface area contributed by atoms with Gasteiger partial charge in [-0.3, -0.25) is 0 Å². The van der Waals surface area contributed by atoms with Crippen molar-refractivity contribution in [1.29, 1.82) is 0 Å². The number of halogens is 4. The number of hydrogen-bond donors (Lipinski definition) is 0. The molecule has 0 unspecified atom stereocenters. The van der Waals surface area contributed by atoms with Gasteiger partial charge in [-0.05, 0) is 24.3 Å². The number of benzene rings is 1. The van der Waals surface area contributed by atoms with Gasteiger partial charge in [-0.25, -0.2) is 0 Å². The van der Waals surface area contributed by atoms with Crippen LogP contribution in [0.15, 0.2) is 42.6 Å². The molecule has 2 rings (SSSR count). The first-order chi connectivity index (χ1) is 7.98. The molecule has 0 radical (unpaired) electrons. The van der Waals surface area contributed by atoms with E-state index in [1.54, 1.807) is 23.2 Å². The van der Waals surface area contributed by atoms with Gasteiger partial charge in [-0.2, -0.15) is 13.2 Å². The molecule has 0 saturated heterocycles. The summed E-state index contributed by atoms with van der Waals surface area (Å²) in [5.41, 5.74) is -0.332. The van der Waals surface area contributed by atoms with Gasteiger partial charge < -0.3 is 4.90 Å². The van der Waals surface area contributed by atoms with Crippen LogP contribution in [0.3, 0.4) is 0 Å². The third kappa shape index (κ3) is 2.64. The Morgan fingerprint density at radius 3 is 2.53 bits per heavy atom. The number of anilines is 1. The molecule has 1 aromatic carbocycles. The van der Waals surface area contributed by atoms with Gasteiger partial charge in [0, 0.05) is 18.4 Å². The van der Waals surface area contributed by atoms with Crippen molar-refractivity contribution in [2.75, 3.05) is 11.4 Å². The maximum absolute atomic E-state index is 12.7. The summed E-state index contributed by atoms with van der Waals surface area (Å²) in [5.74, 6) is 0. The van der Waals surface area contributed by atoms with Crippen LogP contribution in [0.5, 0.6) is 0 Å². The number of nitrogens with zero attached hydrogens (tertiary/aromatic N) is 1. The van der Waals surface area contributed by atoms with E-state index in [4.69, 9.17) is 11.6 Å². The summed E-state index contributed by atoms with van der Waals surface area (Å²) in [7, 11) is 0. The Balaban J connectivity index is 2.37. The molecule has 0 amide bonds. The van der Waals surface area contributed by atoms with Gasteiger partial charge in [-0.15, -0.1) is 0 Å². The van der Waals surface area contributed by atoms with Crippen LogP contribution in [0.1, 0.15) is 5.56 Å². The Bertz CT molecular complexity index is 477. The maximum Gasteiger partial charge on any atom is 0.417 e. The average molecular weight is 260 g/mol. The molecule has 0 aromatic heterocycles. The predicted octanol–water partition coefficient (Wildman–Crippen LogP) is 4.25. The van der Waals surface area contributed by atoms with E-state index in [-0.39, 0.29) is 5.02 Å². The van der Waals surface area contributed by atoms with Crippen LogP contribution in [-0.2, 0) is 6.18 Å². The average Bonchev–Trinajstić information content (AvgIpc) is 2.29. The molecule has 1 aliphatic rings. The Morgan fingerprint density at radius 2 is 1.94 bits per heavy atom. The number of rotatable bonds is 1. The highest BCUT2D eigenvalue weighted by atomic mass is 35.5. The van der Waals surface area contributed by atoms with Gasteiger partial charge >= 0.3 is 6.18 Å². The summed E-state index contributed by atoms with van der Waals surface area (Å²) in [6.07, 6.45) is 2.77. The topological polar surface area (TPSA) is 3.24 Å². The van der Waals surface area contributed by atoms with Crippen LogP contribution in [0.4, 0.5) is 18.9 Å². The molecule has 1 aromatic rings. The fourth-order valence-corrected chi connectivity index (χ4v) is 1.79. The molecule has 0 atom stereocenters. The van der Waals surface area contributed by atoms with Crippen molar-refractivity contribution in [2.24, 2.45) is 0 Å². The van der Waals surface area contributed by atoms with Gasteiger partial charge in [0.1, 0.15) is 0 Å². The van der Waals surface area contributed by atoms with Gasteiger partial charge in [-0.1, -0.05) is 23.8 Å². The second-order valence-electron chi connectivity index (χ2n) is 3.58. The first-order valence-electron chi connectivity index (χ1n) is 4.95. The first-order valence-corrected chi connectivity index (χ1v) is 5.33. The van der Waals surface area contributed by atoms with Gasteiger partial charge in [0.15, 0.2) is 0 Å². The third-order valence-corrected chi connectivity index (χ3v) is 2.73. The number of allylic oxidation sites excluding steroid dienone is 2. The van der Waals surface area contributed by atoms with E-state index in [0.717, 1.165) is 6.07 Å². The van der Waals surface area contributed by atoms with Crippen LogP contribution < -0.4 is 4.90 Å². The van der Waals surface area contributed by atoms with E-state index in [1.807, 2.05) is 12.2 Å². The van der Waals surface area contributed by atoms with Crippen molar-refractivity contribution >= 4 is 17.3 Å². The quantitative estimate of drug-likeness (QED) is 0.729. The van der Waals surface area contributed by atoms with E-state index in [0.29, 0.717) is 12.2 Å². The summed E-state index contributed by atoms with van der Waals surface area (Å²) in [4.78, 5) is 1.71. The monoisotopic (exact) mass is 259 g/mol. The molecule has 0 aliphatic carbocycles. The van der Waals surface area contributed by atoms with E-state index >= 15 is 0 Å². The fourth-order valence-electron chi connectivity index (χ4n) is 1.57. The molecule has 0 fully saturated rings. The summed E-state index contributed by atoms with van der Waals surface area (Å²) >= 11 is 5.55. The maximum atomic E-state index is 12.7. The van der Waals surface area contributed by atoms with Crippen LogP contribution >= 0.6 is 11.6 Å². The second-order valence-corrected chi connectivity index (χ2v) is 3.99. The Morgan fingerprint density at radius 1 is 1.18 bits per heavy atom. The summed E-state index contributed by atoms with van der Waals surface area (Å²) in [5, 5.41) is -0.280. The number of hydrogen-bond acceptors (Lipinski definition) is 1. The zero-order valence-corrected chi connectivity index (χ0v) is 9.46. The lowest BCUT2D eigenvalue weighted by Crippen LogP contribution is -2.18. The lowest BCUT2D eigenvalue weighted by Gasteiger charge is -2.22. The third-order valence-electron chi connectivity index (χ3n) is 2.40. The second kappa shape index (κ2) is 4.45. The molecular weight excluding hydrogens is 251 g/mol. The largest absolute Gasteiger partial charge is 0.417 e. The van der Waals surface area contributed by atoms with E-state index in [9.17, 15) is 13.2 Å². The smallest absolute Gasteiger partial charge is 0.344 e. The standard InChI is InChI=1S/C12H9ClF3N/c13-11-5-4-9(8-10(11)12(14,15)16)17-6-2-1-3-7-17/h1-6,8H,7H2. The Labute approximate surface area is 102 Å². The van der Waals surface area contributed by atoms with Crippen molar-refractivity contribution in [3.63, 3.8) is 0 Å². The van der Waals surface area contributed by atoms with Gasteiger partial charge in [0.2, 0.25) is 0 Å². The van der Waals surface area contributed by atoms with Crippen molar-refractivity contribution in [1.82, 2.24) is 0 Å². The summed E-state index contributed by atoms with van der Waals surface area (Å²) in [6, 6.07) is 3.90. The Kier molecular flexibility index (Phi) is 3.15. The lowest BCUT2D eigenvalue weighted by molar-refractivity contribution is -0.137. The summed E-state index contributed by atoms with van der Waals surface area (Å²) < 4.78 is 38.0. The minimum absolute atomic E-state index is 0.280. The molecule has 1 nitrogen and oxygen atoms in total. The van der Waals surface area contributed by atoms with Gasteiger partial charge in [0.05, 0.1) is 10.6 Å². The minimum atomic E-state index is -4.43. The highest BCUT2D eigenvalue weighted by Gasteiger charge is 2.33. The highest BCUT2D eigenvalue weighted by Crippen LogP contribution is 2.37. The molecule has 17 heavy (non-hydrogen) atoms. The van der Waals surface area contributed by atoms with Crippen LogP contribution in [-0.4, -0.2) is 6.54 Å². The molecule has 0 spiro atoms. The lowest BCUT2D eigenvalue weighted by atomic mass is 10.1. The first kappa shape index (κ1) is 12.0. The van der Waals surface area contributed by atoms with Crippen LogP contribution in [0, 0.1) is 0 Å². The van der Waals surface area contributed by atoms with Crippen molar-refractivity contribution < 1.29 is 13.2 Å². The molecule has 1 heterocycles. The molecule has 0 N–H and O–H groups in total. The van der Waals surface area contributed by atoms with E-state index < -0.39 is 11.7 Å². The molecule has 0 bridgehead atoms. The molecular formula is C12H9ClF3N. The number of alkyl halides is 3. The minimum Gasteiger partial charge on any atom is -0.344 e. The normalized spacial score (nSPS) is 15.4. The van der Waals surface area contributed by atoms with Crippen LogP contribution in [0.2, 0.25) is 5.02 Å². The van der Waals surface area contributed by atoms with Crippen molar-refractivity contribution in [3.8, 4) is 0 Å². The Hall–Kier alpha value is -1.42. The SMILES string of the molecule is FC(F)(F)c1cc(N2C=CC=CC2)ccc1Cl. The molecule has 0 saturated carbocycles. The highest BCUT2D eigenvalue weighted by molar-refractivity contribution is 6.31. The zero-order valence-electron chi connectivity index (χ0n) is 8.71. The fraction of sp³-hybridized carbons (Fsp3) is 0.167. The van der Waals surface area contributed by atoms with E-state index in [1.165, 1.54) is 6.07 Å². The molecule has 1 aliphatic heterocycles. The predicted molar refractivity (Wildman–Crippen MR) is 62.1 cm³/mol. The summed E-state index contributed by atoms with van der Waals surface area (Å²) in [6.45, 7) is 0.551.